The van der Waals surface area contributed by atoms with Crippen LogP contribution >= 0.6 is 0 Å². The van der Waals surface area contributed by atoms with Crippen LogP contribution in [-0.2, 0) is 17.6 Å². The van der Waals surface area contributed by atoms with Crippen LogP contribution in [0.3, 0.4) is 0 Å². The number of nitrogens with zero attached hydrogens (tertiary/aromatic N) is 1. The molecule has 2 aromatic carbocycles. The summed E-state index contributed by atoms with van der Waals surface area (Å²) >= 11 is 0. The molecule has 0 aliphatic carbocycles. The first kappa shape index (κ1) is 11.7. The van der Waals surface area contributed by atoms with Crippen LogP contribution in [0.4, 0.5) is 11.4 Å². The van der Waals surface area contributed by atoms with E-state index in [1.165, 1.54) is 17.2 Å². The van der Waals surface area contributed by atoms with Gasteiger partial charge in [-0.05, 0) is 42.2 Å². The second kappa shape index (κ2) is 4.73. The van der Waals surface area contributed by atoms with Gasteiger partial charge in [0.15, 0.2) is 0 Å². The van der Waals surface area contributed by atoms with E-state index in [4.69, 9.17) is 0 Å². The molecule has 1 amide bonds. The minimum Gasteiger partial charge on any atom is -0.277 e. The highest BCUT2D eigenvalue weighted by Crippen LogP contribution is 2.35. The monoisotopic (exact) mass is 249 g/mol. The van der Waals surface area contributed by atoms with Crippen LogP contribution in [0.1, 0.15) is 11.1 Å². The molecule has 0 atom stereocenters. The fourth-order valence-electron chi connectivity index (χ4n) is 2.61. The van der Waals surface area contributed by atoms with Crippen molar-refractivity contribution < 1.29 is 4.79 Å². The van der Waals surface area contributed by atoms with Crippen LogP contribution in [0.2, 0.25) is 0 Å². The van der Waals surface area contributed by atoms with E-state index >= 15 is 0 Å². The topological polar surface area (TPSA) is 20.3 Å². The number of aryl methyl sites for hydroxylation is 2. The molecule has 0 radical (unpaired) electrons. The minimum absolute atomic E-state index is 0.0817. The van der Waals surface area contributed by atoms with Crippen LogP contribution in [0.25, 0.3) is 0 Å². The zero-order valence-electron chi connectivity index (χ0n) is 10.7. The first-order valence-electron chi connectivity index (χ1n) is 6.43. The van der Waals surface area contributed by atoms with E-state index in [1.807, 2.05) is 36.4 Å². The van der Waals surface area contributed by atoms with Gasteiger partial charge >= 0.3 is 0 Å². The lowest BCUT2D eigenvalue weighted by Gasteiger charge is -2.23. The fraction of sp³-hybridized carbons (Fsp3) is 0.118. The van der Waals surface area contributed by atoms with Crippen molar-refractivity contribution in [3.63, 3.8) is 0 Å². The maximum absolute atomic E-state index is 12.3. The second-order valence-corrected chi connectivity index (χ2v) is 4.64. The number of anilines is 2. The summed E-state index contributed by atoms with van der Waals surface area (Å²) in [6.07, 6.45) is 3.28. The van der Waals surface area contributed by atoms with Gasteiger partial charge in [0.1, 0.15) is 0 Å². The summed E-state index contributed by atoms with van der Waals surface area (Å²) in [7, 11) is 0. The number of fused-ring (bicyclic) bond motifs is 2. The molecule has 0 fully saturated rings. The van der Waals surface area contributed by atoms with Gasteiger partial charge in [-0.2, -0.15) is 0 Å². The highest BCUT2D eigenvalue weighted by Gasteiger charge is 2.23. The number of rotatable bonds is 1. The Morgan fingerprint density at radius 3 is 1.89 bits per heavy atom. The molecule has 0 spiro atoms. The number of hydrogen-bond acceptors (Lipinski definition) is 1. The van der Waals surface area contributed by atoms with E-state index in [1.54, 1.807) is 4.90 Å². The van der Waals surface area contributed by atoms with E-state index in [0.717, 1.165) is 24.2 Å². The molecule has 0 bridgehead atoms. The van der Waals surface area contributed by atoms with Crippen molar-refractivity contribution in [2.75, 3.05) is 4.90 Å². The first-order valence-corrected chi connectivity index (χ1v) is 6.43. The molecule has 1 aliphatic rings. The van der Waals surface area contributed by atoms with Crippen LogP contribution in [0, 0.1) is 0 Å². The minimum atomic E-state index is -0.0817. The van der Waals surface area contributed by atoms with Gasteiger partial charge < -0.3 is 0 Å². The number of amides is 1. The van der Waals surface area contributed by atoms with Crippen LogP contribution in [0.15, 0.2) is 61.2 Å². The molecule has 94 valence electrons. The van der Waals surface area contributed by atoms with Gasteiger partial charge in [-0.3, -0.25) is 9.69 Å². The van der Waals surface area contributed by atoms with Crippen LogP contribution < -0.4 is 4.90 Å². The maximum atomic E-state index is 12.3. The van der Waals surface area contributed by atoms with E-state index in [9.17, 15) is 4.79 Å². The predicted molar refractivity (Wildman–Crippen MR) is 77.6 cm³/mol. The van der Waals surface area contributed by atoms with Gasteiger partial charge in [-0.1, -0.05) is 43.0 Å². The van der Waals surface area contributed by atoms with Gasteiger partial charge in [0.05, 0.1) is 11.4 Å². The van der Waals surface area contributed by atoms with Crippen molar-refractivity contribution in [3.05, 3.63) is 72.3 Å². The molecule has 19 heavy (non-hydrogen) atoms. The molecule has 3 rings (SSSR count). The lowest BCUT2D eigenvalue weighted by atomic mass is 10.0. The number of hydrogen-bond donors (Lipinski definition) is 0. The molecule has 0 unspecified atom stereocenters. The van der Waals surface area contributed by atoms with Crippen LogP contribution in [-0.4, -0.2) is 5.91 Å². The van der Waals surface area contributed by atoms with E-state index in [-0.39, 0.29) is 5.91 Å². The summed E-state index contributed by atoms with van der Waals surface area (Å²) in [5.74, 6) is -0.0817. The van der Waals surface area contributed by atoms with Gasteiger partial charge in [-0.25, -0.2) is 0 Å². The predicted octanol–water partition coefficient (Wildman–Crippen LogP) is 3.64. The quantitative estimate of drug-likeness (QED) is 0.707. The summed E-state index contributed by atoms with van der Waals surface area (Å²) in [6, 6.07) is 16.1. The molecule has 1 aliphatic heterocycles. The lowest BCUT2D eigenvalue weighted by Crippen LogP contribution is -2.24. The summed E-state index contributed by atoms with van der Waals surface area (Å²) in [5, 5.41) is 0. The smallest absolute Gasteiger partial charge is 0.254 e. The SMILES string of the molecule is C=CC(=O)N1c2ccccc2CCc2ccccc21. The Kier molecular flexibility index (Phi) is 2.92. The normalized spacial score (nSPS) is 13.2. The van der Waals surface area contributed by atoms with Gasteiger partial charge in [0.2, 0.25) is 0 Å². The summed E-state index contributed by atoms with van der Waals surface area (Å²) in [5.41, 5.74) is 4.34. The molecule has 0 aromatic heterocycles. The molecule has 2 aromatic rings. The molecule has 0 N–H and O–H groups in total. The summed E-state index contributed by atoms with van der Waals surface area (Å²) in [6.45, 7) is 3.62. The largest absolute Gasteiger partial charge is 0.277 e. The van der Waals surface area contributed by atoms with Crippen molar-refractivity contribution in [1.82, 2.24) is 0 Å². The lowest BCUT2D eigenvalue weighted by molar-refractivity contribution is -0.113. The standard InChI is InChI=1S/C17H15NO/c1-2-17(19)18-15-9-5-3-7-13(15)11-12-14-8-4-6-10-16(14)18/h2-10H,1,11-12H2. The summed E-state index contributed by atoms with van der Waals surface area (Å²) < 4.78 is 0. The first-order chi connectivity index (χ1) is 9.31. The Morgan fingerprint density at radius 2 is 1.42 bits per heavy atom. The highest BCUT2D eigenvalue weighted by atomic mass is 16.2. The second-order valence-electron chi connectivity index (χ2n) is 4.64. The van der Waals surface area contributed by atoms with Crippen molar-refractivity contribution in [3.8, 4) is 0 Å². The van der Waals surface area contributed by atoms with Crippen molar-refractivity contribution in [1.29, 1.82) is 0 Å². The highest BCUT2D eigenvalue weighted by molar-refractivity contribution is 6.08. The fourth-order valence-corrected chi connectivity index (χ4v) is 2.61. The average Bonchev–Trinajstić information content (AvgIpc) is 2.63. The third kappa shape index (κ3) is 1.95. The molecular weight excluding hydrogens is 234 g/mol. The van der Waals surface area contributed by atoms with E-state index < -0.39 is 0 Å². The number of carbonyl (C=O) groups is 1. The maximum Gasteiger partial charge on any atom is 0.254 e. The Balaban J connectivity index is 2.25. The third-order valence-electron chi connectivity index (χ3n) is 3.52. The molecular formula is C17H15NO. The van der Waals surface area contributed by atoms with Crippen molar-refractivity contribution in [2.45, 2.75) is 12.8 Å². The van der Waals surface area contributed by atoms with Crippen molar-refractivity contribution in [2.24, 2.45) is 0 Å². The Hall–Kier alpha value is -2.35. The average molecular weight is 249 g/mol. The molecule has 0 saturated heterocycles. The van der Waals surface area contributed by atoms with Gasteiger partial charge in [0.25, 0.3) is 5.91 Å². The Morgan fingerprint density at radius 1 is 0.947 bits per heavy atom. The third-order valence-corrected chi connectivity index (χ3v) is 3.52. The van der Waals surface area contributed by atoms with E-state index in [0.29, 0.717) is 0 Å². The Labute approximate surface area is 113 Å². The zero-order valence-corrected chi connectivity index (χ0v) is 10.7. The molecule has 2 heteroatoms. The Bertz CT molecular complexity index is 598. The molecule has 1 heterocycles. The number of para-hydroxylation sites is 2. The van der Waals surface area contributed by atoms with Crippen molar-refractivity contribution >= 4 is 17.3 Å². The van der Waals surface area contributed by atoms with Gasteiger partial charge in [0, 0.05) is 0 Å². The molecule has 2 nitrogen and oxygen atoms in total. The van der Waals surface area contributed by atoms with E-state index in [2.05, 4.69) is 18.7 Å². The number of benzene rings is 2. The van der Waals surface area contributed by atoms with Crippen LogP contribution in [0.5, 0.6) is 0 Å². The zero-order chi connectivity index (χ0) is 13.2. The van der Waals surface area contributed by atoms with Gasteiger partial charge in [-0.15, -0.1) is 0 Å². The number of carbonyl (C=O) groups excluding carboxylic acids is 1. The summed E-state index contributed by atoms with van der Waals surface area (Å²) in [4.78, 5) is 14.0. The molecule has 0 saturated carbocycles.